The maximum Gasteiger partial charge on any atom is 0.159 e. The predicted molar refractivity (Wildman–Crippen MR) is 80.5 cm³/mol. The number of hydrogen-bond donors (Lipinski definition) is 0. The first-order valence-electron chi connectivity index (χ1n) is 7.01. The van der Waals surface area contributed by atoms with Crippen molar-refractivity contribution >= 4 is 5.78 Å². The molecule has 0 fully saturated rings. The molecule has 0 aliphatic heterocycles. The maximum absolute atomic E-state index is 14.2. The second-order valence-corrected chi connectivity index (χ2v) is 5.05. The summed E-state index contributed by atoms with van der Waals surface area (Å²) in [6, 6.07) is 12.5. The summed E-state index contributed by atoms with van der Waals surface area (Å²) in [7, 11) is 0. The average molecular weight is 270 g/mol. The molecule has 0 N–H and O–H groups in total. The fourth-order valence-electron chi connectivity index (χ4n) is 2.21. The lowest BCUT2D eigenvalue weighted by atomic mass is 9.99. The van der Waals surface area contributed by atoms with Crippen molar-refractivity contribution < 1.29 is 9.18 Å². The molecule has 1 nitrogen and oxygen atoms in total. The van der Waals surface area contributed by atoms with Gasteiger partial charge in [0.05, 0.1) is 0 Å². The average Bonchev–Trinajstić information content (AvgIpc) is 2.45. The maximum atomic E-state index is 14.2. The lowest BCUT2D eigenvalue weighted by Gasteiger charge is -2.07. The van der Waals surface area contributed by atoms with Crippen LogP contribution in [0.4, 0.5) is 4.39 Å². The molecule has 0 spiro atoms. The fraction of sp³-hybridized carbons (Fsp3) is 0.278. The molecule has 0 amide bonds. The summed E-state index contributed by atoms with van der Waals surface area (Å²) in [5, 5.41) is 0. The van der Waals surface area contributed by atoms with E-state index in [4.69, 9.17) is 0 Å². The smallest absolute Gasteiger partial charge is 0.159 e. The quantitative estimate of drug-likeness (QED) is 0.696. The van der Waals surface area contributed by atoms with Crippen LogP contribution in [0.5, 0.6) is 0 Å². The van der Waals surface area contributed by atoms with Crippen molar-refractivity contribution in [2.24, 2.45) is 0 Å². The highest BCUT2D eigenvalue weighted by Gasteiger charge is 2.07. The summed E-state index contributed by atoms with van der Waals surface area (Å²) in [4.78, 5) is 11.2. The number of benzene rings is 2. The third-order valence-electron chi connectivity index (χ3n) is 3.45. The van der Waals surface area contributed by atoms with E-state index in [2.05, 4.69) is 6.92 Å². The summed E-state index contributed by atoms with van der Waals surface area (Å²) in [6.45, 7) is 3.65. The van der Waals surface area contributed by atoms with Crippen molar-refractivity contribution in [1.29, 1.82) is 0 Å². The van der Waals surface area contributed by atoms with E-state index in [0.29, 0.717) is 11.1 Å². The number of carbonyl (C=O) groups excluding carboxylic acids is 1. The molecule has 0 aromatic heterocycles. The van der Waals surface area contributed by atoms with Crippen LogP contribution in [0, 0.1) is 5.82 Å². The second-order valence-electron chi connectivity index (χ2n) is 5.05. The molecule has 0 aliphatic carbocycles. The predicted octanol–water partition coefficient (Wildman–Crippen LogP) is 5.04. The first-order valence-corrected chi connectivity index (χ1v) is 7.01. The molecule has 20 heavy (non-hydrogen) atoms. The van der Waals surface area contributed by atoms with E-state index in [1.807, 2.05) is 12.1 Å². The highest BCUT2D eigenvalue weighted by atomic mass is 19.1. The molecule has 0 radical (unpaired) electrons. The van der Waals surface area contributed by atoms with Gasteiger partial charge in [-0.25, -0.2) is 4.39 Å². The van der Waals surface area contributed by atoms with Crippen LogP contribution in [0.25, 0.3) is 11.1 Å². The van der Waals surface area contributed by atoms with Crippen molar-refractivity contribution in [3.63, 3.8) is 0 Å². The highest BCUT2D eigenvalue weighted by Crippen LogP contribution is 2.24. The van der Waals surface area contributed by atoms with Gasteiger partial charge < -0.3 is 0 Å². The van der Waals surface area contributed by atoms with E-state index < -0.39 is 0 Å². The number of halogens is 1. The van der Waals surface area contributed by atoms with Crippen molar-refractivity contribution in [3.05, 3.63) is 59.4 Å². The van der Waals surface area contributed by atoms with Gasteiger partial charge in [-0.1, -0.05) is 49.7 Å². The number of ketones is 1. The Bertz CT molecular complexity index is 599. The molecule has 0 aliphatic rings. The summed E-state index contributed by atoms with van der Waals surface area (Å²) < 4.78 is 14.2. The van der Waals surface area contributed by atoms with E-state index in [-0.39, 0.29) is 11.6 Å². The van der Waals surface area contributed by atoms with Crippen molar-refractivity contribution in [3.8, 4) is 11.1 Å². The Morgan fingerprint density at radius 2 is 1.80 bits per heavy atom. The van der Waals surface area contributed by atoms with E-state index in [1.54, 1.807) is 30.3 Å². The Morgan fingerprint density at radius 1 is 1.10 bits per heavy atom. The Labute approximate surface area is 119 Å². The van der Waals surface area contributed by atoms with Crippen molar-refractivity contribution in [2.75, 3.05) is 0 Å². The van der Waals surface area contributed by atoms with Gasteiger partial charge in [0.25, 0.3) is 0 Å². The normalized spacial score (nSPS) is 10.6. The summed E-state index contributed by atoms with van der Waals surface area (Å²) in [5.41, 5.74) is 3.07. The Kier molecular flexibility index (Phi) is 4.67. The van der Waals surface area contributed by atoms with E-state index in [9.17, 15) is 9.18 Å². The number of Topliss-reactive ketones (excluding diaryl/α,β-unsaturated/α-hetero) is 1. The lowest BCUT2D eigenvalue weighted by Crippen LogP contribution is -1.93. The Balaban J connectivity index is 2.26. The van der Waals surface area contributed by atoms with Crippen LogP contribution >= 0.6 is 0 Å². The zero-order chi connectivity index (χ0) is 14.5. The first-order chi connectivity index (χ1) is 9.61. The number of unbranched alkanes of at least 4 members (excludes halogenated alkanes) is 1. The molecule has 0 saturated carbocycles. The van der Waals surface area contributed by atoms with Gasteiger partial charge in [-0.15, -0.1) is 0 Å². The Morgan fingerprint density at radius 3 is 2.35 bits per heavy atom. The minimum atomic E-state index is -0.200. The largest absolute Gasteiger partial charge is 0.295 e. The molecule has 2 aromatic carbocycles. The summed E-state index contributed by atoms with van der Waals surface area (Å²) in [6.07, 6.45) is 3.10. The van der Waals surface area contributed by atoms with E-state index >= 15 is 0 Å². The standard InChI is InChI=1S/C18H19FO/c1-3-4-5-14-6-11-17(18(19)12-14)16-9-7-15(8-10-16)13(2)20/h6-12H,3-5H2,1-2H3. The van der Waals surface area contributed by atoms with Crippen LogP contribution < -0.4 is 0 Å². The molecule has 0 saturated heterocycles. The number of hydrogen-bond acceptors (Lipinski definition) is 1. The van der Waals surface area contributed by atoms with Gasteiger partial charge in [-0.3, -0.25) is 4.79 Å². The van der Waals surface area contributed by atoms with Crippen LogP contribution in [-0.4, -0.2) is 5.78 Å². The van der Waals surface area contributed by atoms with Crippen LogP contribution in [0.2, 0.25) is 0 Å². The summed E-state index contributed by atoms with van der Waals surface area (Å²) in [5.74, 6) is -0.180. The highest BCUT2D eigenvalue weighted by molar-refractivity contribution is 5.94. The fourth-order valence-corrected chi connectivity index (χ4v) is 2.21. The SMILES string of the molecule is CCCCc1ccc(-c2ccc(C(C)=O)cc2)c(F)c1. The van der Waals surface area contributed by atoms with Gasteiger partial charge in [0.15, 0.2) is 5.78 Å². The molecule has 0 heterocycles. The Hall–Kier alpha value is -1.96. The van der Waals surface area contributed by atoms with Crippen molar-refractivity contribution in [1.82, 2.24) is 0 Å². The molecular formula is C18H19FO. The zero-order valence-corrected chi connectivity index (χ0v) is 11.9. The minimum Gasteiger partial charge on any atom is -0.295 e. The number of carbonyl (C=O) groups is 1. The van der Waals surface area contributed by atoms with Crippen LogP contribution in [0.15, 0.2) is 42.5 Å². The van der Waals surface area contributed by atoms with Crippen LogP contribution in [0.3, 0.4) is 0 Å². The molecular weight excluding hydrogens is 251 g/mol. The number of rotatable bonds is 5. The molecule has 0 unspecified atom stereocenters. The molecule has 0 bridgehead atoms. The zero-order valence-electron chi connectivity index (χ0n) is 11.9. The van der Waals surface area contributed by atoms with Crippen LogP contribution in [0.1, 0.15) is 42.6 Å². The molecule has 0 atom stereocenters. The molecule has 2 heteroatoms. The van der Waals surface area contributed by atoms with Gasteiger partial charge in [0, 0.05) is 11.1 Å². The van der Waals surface area contributed by atoms with Gasteiger partial charge in [0.2, 0.25) is 0 Å². The second kappa shape index (κ2) is 6.47. The first kappa shape index (κ1) is 14.4. The van der Waals surface area contributed by atoms with Gasteiger partial charge in [0.1, 0.15) is 5.82 Å². The van der Waals surface area contributed by atoms with Crippen LogP contribution in [-0.2, 0) is 6.42 Å². The monoisotopic (exact) mass is 270 g/mol. The van der Waals surface area contributed by atoms with Gasteiger partial charge in [-0.2, -0.15) is 0 Å². The lowest BCUT2D eigenvalue weighted by molar-refractivity contribution is 0.101. The van der Waals surface area contributed by atoms with Gasteiger partial charge in [-0.05, 0) is 37.0 Å². The van der Waals surface area contributed by atoms with Gasteiger partial charge >= 0.3 is 0 Å². The topological polar surface area (TPSA) is 17.1 Å². The minimum absolute atomic E-state index is 0.0203. The number of aryl methyl sites for hydroxylation is 1. The molecule has 104 valence electrons. The van der Waals surface area contributed by atoms with Crippen molar-refractivity contribution in [2.45, 2.75) is 33.1 Å². The summed E-state index contributed by atoms with van der Waals surface area (Å²) >= 11 is 0. The van der Waals surface area contributed by atoms with E-state index in [1.165, 1.54) is 6.92 Å². The van der Waals surface area contributed by atoms with E-state index in [0.717, 1.165) is 30.4 Å². The third kappa shape index (κ3) is 3.32. The molecule has 2 rings (SSSR count). The molecule has 2 aromatic rings. The third-order valence-corrected chi connectivity index (χ3v) is 3.45.